The lowest BCUT2D eigenvalue weighted by atomic mass is 9.85. The molecule has 2 aliphatic carbocycles. The van der Waals surface area contributed by atoms with E-state index < -0.39 is 0 Å². The van der Waals surface area contributed by atoms with Crippen LogP contribution in [-0.4, -0.2) is 70.5 Å². The summed E-state index contributed by atoms with van der Waals surface area (Å²) in [7, 11) is 0. The van der Waals surface area contributed by atoms with E-state index in [1.807, 2.05) is 47.1 Å². The molecule has 7 nitrogen and oxygen atoms in total. The first-order valence-electron chi connectivity index (χ1n) is 12.2. The van der Waals surface area contributed by atoms with Gasteiger partial charge >= 0.3 is 0 Å². The molecule has 2 aliphatic heterocycles. The second kappa shape index (κ2) is 8.76. The first kappa shape index (κ1) is 21.9. The highest BCUT2D eigenvalue weighted by atomic mass is 16.2. The summed E-state index contributed by atoms with van der Waals surface area (Å²) in [5, 5.41) is 0. The molecule has 2 heterocycles. The van der Waals surface area contributed by atoms with Crippen LogP contribution in [0.1, 0.15) is 43.0 Å². The van der Waals surface area contributed by atoms with Gasteiger partial charge in [-0.15, -0.1) is 0 Å². The number of fused-ring (bicyclic) bond motifs is 5. The van der Waals surface area contributed by atoms with Gasteiger partial charge in [0.1, 0.15) is 6.54 Å². The summed E-state index contributed by atoms with van der Waals surface area (Å²) in [4.78, 5) is 56.9. The maximum Gasteiger partial charge on any atom is 0.253 e. The second-order valence-electron chi connectivity index (χ2n) is 9.74. The predicted molar refractivity (Wildman–Crippen MR) is 122 cm³/mol. The summed E-state index contributed by atoms with van der Waals surface area (Å²) in [6.07, 6.45) is 7.22. The molecule has 2 bridgehead atoms. The molecule has 1 aromatic carbocycles. The minimum absolute atomic E-state index is 0.0161. The van der Waals surface area contributed by atoms with Gasteiger partial charge in [0.25, 0.3) is 5.91 Å². The van der Waals surface area contributed by atoms with E-state index in [0.29, 0.717) is 38.0 Å². The molecule has 3 fully saturated rings. The fourth-order valence-corrected chi connectivity index (χ4v) is 6.24. The van der Waals surface area contributed by atoms with Gasteiger partial charge in [-0.3, -0.25) is 24.1 Å². The van der Waals surface area contributed by atoms with Gasteiger partial charge in [0.2, 0.25) is 17.7 Å². The number of hydrogen-bond acceptors (Lipinski definition) is 4. The van der Waals surface area contributed by atoms with Crippen molar-refractivity contribution in [2.24, 2.45) is 23.7 Å². The molecule has 4 unspecified atom stereocenters. The maximum absolute atomic E-state index is 13.3. The van der Waals surface area contributed by atoms with Crippen LogP contribution in [0.3, 0.4) is 0 Å². The SMILES string of the molecule is CCCN(C(=O)CN1C(=O)C2C3C=CC(C3)C2C1=O)C1CCN(C(=O)c2ccccc2)CC1. The molecule has 2 saturated heterocycles. The minimum atomic E-state index is -0.271. The topological polar surface area (TPSA) is 78.0 Å². The van der Waals surface area contributed by atoms with Gasteiger partial charge < -0.3 is 9.80 Å². The molecule has 33 heavy (non-hydrogen) atoms. The lowest BCUT2D eigenvalue weighted by Crippen LogP contribution is -2.52. The molecular weight excluding hydrogens is 418 g/mol. The number of amides is 4. The Kier molecular flexibility index (Phi) is 5.81. The van der Waals surface area contributed by atoms with Crippen molar-refractivity contribution < 1.29 is 19.2 Å². The Morgan fingerprint density at radius 2 is 1.58 bits per heavy atom. The van der Waals surface area contributed by atoms with Gasteiger partial charge in [-0.05, 0) is 49.7 Å². The highest BCUT2D eigenvalue weighted by Gasteiger charge is 2.59. The standard InChI is InChI=1S/C26H31N3O4/c1-2-12-28(20-10-13-27(14-11-20)24(31)17-6-4-3-5-7-17)21(30)16-29-25(32)22-18-8-9-19(15-18)23(22)26(29)33/h3-9,18-20,22-23H,2,10-16H2,1H3. The highest BCUT2D eigenvalue weighted by molar-refractivity contribution is 6.08. The zero-order chi connectivity index (χ0) is 23.1. The molecule has 1 aromatic rings. The van der Waals surface area contributed by atoms with Crippen molar-refractivity contribution in [2.75, 3.05) is 26.2 Å². The van der Waals surface area contributed by atoms with Crippen LogP contribution in [0.5, 0.6) is 0 Å². The third-order valence-corrected chi connectivity index (χ3v) is 7.85. The van der Waals surface area contributed by atoms with Gasteiger partial charge in [0.15, 0.2) is 0 Å². The molecule has 7 heteroatoms. The number of likely N-dealkylation sites (tertiary alicyclic amines) is 2. The van der Waals surface area contributed by atoms with E-state index in [9.17, 15) is 19.2 Å². The summed E-state index contributed by atoms with van der Waals surface area (Å²) in [6.45, 7) is 3.63. The quantitative estimate of drug-likeness (QED) is 0.493. The van der Waals surface area contributed by atoms with E-state index in [1.165, 1.54) is 4.90 Å². The monoisotopic (exact) mass is 449 g/mol. The van der Waals surface area contributed by atoms with E-state index in [0.717, 1.165) is 12.8 Å². The third-order valence-electron chi connectivity index (χ3n) is 7.85. The molecule has 4 aliphatic rings. The first-order valence-corrected chi connectivity index (χ1v) is 12.2. The van der Waals surface area contributed by atoms with Crippen molar-refractivity contribution in [1.82, 2.24) is 14.7 Å². The van der Waals surface area contributed by atoms with Gasteiger partial charge in [-0.2, -0.15) is 0 Å². The molecule has 0 spiro atoms. The van der Waals surface area contributed by atoms with E-state index in [1.54, 1.807) is 0 Å². The molecule has 0 aromatic heterocycles. The number of carbonyl (C=O) groups excluding carboxylic acids is 4. The van der Waals surface area contributed by atoms with Crippen LogP contribution in [-0.2, 0) is 14.4 Å². The summed E-state index contributed by atoms with van der Waals surface area (Å²) in [6, 6.07) is 9.27. The fourth-order valence-electron chi connectivity index (χ4n) is 6.24. The number of benzene rings is 1. The molecule has 4 amide bonds. The Labute approximate surface area is 194 Å². The largest absolute Gasteiger partial charge is 0.338 e. The summed E-state index contributed by atoms with van der Waals surface area (Å²) in [5.74, 6) is -0.731. The van der Waals surface area contributed by atoms with Gasteiger partial charge in [-0.1, -0.05) is 37.3 Å². The Balaban J connectivity index is 1.22. The first-order chi connectivity index (χ1) is 16.0. The highest BCUT2D eigenvalue weighted by Crippen LogP contribution is 2.52. The Bertz CT molecular complexity index is 953. The molecule has 1 saturated carbocycles. The summed E-state index contributed by atoms with van der Waals surface area (Å²) >= 11 is 0. The lowest BCUT2D eigenvalue weighted by Gasteiger charge is -2.39. The Morgan fingerprint density at radius 1 is 0.970 bits per heavy atom. The Morgan fingerprint density at radius 3 is 2.15 bits per heavy atom. The van der Waals surface area contributed by atoms with Crippen LogP contribution in [0.25, 0.3) is 0 Å². The maximum atomic E-state index is 13.3. The summed E-state index contributed by atoms with van der Waals surface area (Å²) < 4.78 is 0. The van der Waals surface area contributed by atoms with E-state index in [2.05, 4.69) is 12.2 Å². The average Bonchev–Trinajstić information content (AvgIpc) is 3.53. The molecule has 0 radical (unpaired) electrons. The van der Waals surface area contributed by atoms with Crippen molar-refractivity contribution >= 4 is 23.6 Å². The van der Waals surface area contributed by atoms with Crippen LogP contribution in [0.15, 0.2) is 42.5 Å². The van der Waals surface area contributed by atoms with Crippen molar-refractivity contribution in [3.8, 4) is 0 Å². The fraction of sp³-hybridized carbons (Fsp3) is 0.538. The van der Waals surface area contributed by atoms with Crippen LogP contribution >= 0.6 is 0 Å². The number of imide groups is 1. The van der Waals surface area contributed by atoms with E-state index in [4.69, 9.17) is 0 Å². The van der Waals surface area contributed by atoms with Crippen molar-refractivity contribution in [1.29, 1.82) is 0 Å². The van der Waals surface area contributed by atoms with E-state index >= 15 is 0 Å². The van der Waals surface area contributed by atoms with Crippen molar-refractivity contribution in [3.63, 3.8) is 0 Å². The predicted octanol–water partition coefficient (Wildman–Crippen LogP) is 2.34. The van der Waals surface area contributed by atoms with Crippen molar-refractivity contribution in [2.45, 2.75) is 38.6 Å². The van der Waals surface area contributed by atoms with Crippen LogP contribution in [0.4, 0.5) is 0 Å². The number of rotatable bonds is 6. The molecule has 5 rings (SSSR count). The van der Waals surface area contributed by atoms with Crippen molar-refractivity contribution in [3.05, 3.63) is 48.0 Å². The van der Waals surface area contributed by atoms with Crippen LogP contribution < -0.4 is 0 Å². The van der Waals surface area contributed by atoms with Gasteiger partial charge in [0.05, 0.1) is 11.8 Å². The van der Waals surface area contributed by atoms with Crippen LogP contribution in [0.2, 0.25) is 0 Å². The second-order valence-corrected chi connectivity index (χ2v) is 9.74. The normalized spacial score (nSPS) is 28.5. The number of piperidine rings is 1. The van der Waals surface area contributed by atoms with Gasteiger partial charge in [-0.25, -0.2) is 0 Å². The zero-order valence-corrected chi connectivity index (χ0v) is 19.1. The number of carbonyl (C=O) groups is 4. The number of allylic oxidation sites excluding steroid dienone is 2. The molecule has 174 valence electrons. The van der Waals surface area contributed by atoms with Crippen LogP contribution in [0, 0.1) is 23.7 Å². The van der Waals surface area contributed by atoms with E-state index in [-0.39, 0.29) is 59.9 Å². The minimum Gasteiger partial charge on any atom is -0.338 e. The lowest BCUT2D eigenvalue weighted by molar-refractivity contribution is -0.148. The van der Waals surface area contributed by atoms with Gasteiger partial charge in [0, 0.05) is 31.2 Å². The Hall–Kier alpha value is -2.96. The molecular formula is C26H31N3O4. The number of hydrogen-bond donors (Lipinski definition) is 0. The number of nitrogens with zero attached hydrogens (tertiary/aromatic N) is 3. The molecule has 0 N–H and O–H groups in total. The third kappa shape index (κ3) is 3.77. The molecule has 4 atom stereocenters. The smallest absolute Gasteiger partial charge is 0.253 e. The average molecular weight is 450 g/mol. The summed E-state index contributed by atoms with van der Waals surface area (Å²) in [5.41, 5.74) is 0.678. The zero-order valence-electron chi connectivity index (χ0n) is 19.1.